The largest absolute Gasteiger partial charge is 0.456 e. The van der Waals surface area contributed by atoms with Crippen LogP contribution in [-0.4, -0.2) is 24.4 Å². The average molecular weight is 542 g/mol. The third kappa shape index (κ3) is 8.04. The number of rotatable bonds is 7. The first kappa shape index (κ1) is 25.0. The van der Waals surface area contributed by atoms with Crippen LogP contribution in [0.25, 0.3) is 0 Å². The maximum atomic E-state index is 12.8. The number of carbonyl (C=O) groups excluding carboxylic acids is 3. The molecule has 0 aromatic heterocycles. The second-order valence-corrected chi connectivity index (χ2v) is 7.75. The minimum absolute atomic E-state index is 0.0892. The van der Waals surface area contributed by atoms with E-state index in [0.29, 0.717) is 21.2 Å². The smallest absolute Gasteiger partial charge is 0.416 e. The standard InChI is InChI=1S/C19H14BrCl2F3N2O4/c20-12-3-2-11(8-14(12)22)26-17(29)9-31-18(30)6-5-16(28)27-15-7-10(19(23,24)25)1-4-13(15)21/h1-4,7-8H,5-6,9H2,(H,26,29)(H,27,28). The van der Waals surface area contributed by atoms with Gasteiger partial charge in [0, 0.05) is 16.6 Å². The molecular formula is C19H14BrCl2F3N2O4. The van der Waals surface area contributed by atoms with Crippen molar-refractivity contribution in [1.29, 1.82) is 0 Å². The summed E-state index contributed by atoms with van der Waals surface area (Å²) in [5, 5.41) is 4.98. The molecule has 0 bridgehead atoms. The Hall–Kier alpha value is -2.30. The maximum absolute atomic E-state index is 12.8. The van der Waals surface area contributed by atoms with Gasteiger partial charge in [-0.25, -0.2) is 0 Å². The molecule has 0 aliphatic rings. The Labute approximate surface area is 193 Å². The number of amides is 2. The summed E-state index contributed by atoms with van der Waals surface area (Å²) >= 11 is 14.9. The van der Waals surface area contributed by atoms with Crippen molar-refractivity contribution in [2.24, 2.45) is 0 Å². The number of halogens is 6. The summed E-state index contributed by atoms with van der Waals surface area (Å²) in [5.74, 6) is -2.20. The number of alkyl halides is 3. The molecule has 166 valence electrons. The molecule has 0 saturated heterocycles. The number of esters is 1. The molecular weight excluding hydrogens is 528 g/mol. The molecule has 0 unspecified atom stereocenters. The Morgan fingerprint density at radius 1 is 0.935 bits per heavy atom. The second kappa shape index (κ2) is 10.8. The summed E-state index contributed by atoms with van der Waals surface area (Å²) < 4.78 is 43.7. The first-order valence-electron chi connectivity index (χ1n) is 8.53. The van der Waals surface area contributed by atoms with Gasteiger partial charge in [0.15, 0.2) is 6.61 Å². The highest BCUT2D eigenvalue weighted by molar-refractivity contribution is 9.10. The van der Waals surface area contributed by atoms with Crippen LogP contribution in [0.2, 0.25) is 10.0 Å². The van der Waals surface area contributed by atoms with Crippen LogP contribution >= 0.6 is 39.1 Å². The summed E-state index contributed by atoms with van der Waals surface area (Å²) in [4.78, 5) is 35.5. The van der Waals surface area contributed by atoms with Crippen LogP contribution in [0.4, 0.5) is 24.5 Å². The molecule has 0 saturated carbocycles. The van der Waals surface area contributed by atoms with E-state index >= 15 is 0 Å². The lowest BCUT2D eigenvalue weighted by atomic mass is 10.2. The highest BCUT2D eigenvalue weighted by Crippen LogP contribution is 2.33. The van der Waals surface area contributed by atoms with E-state index in [2.05, 4.69) is 26.6 Å². The first-order chi connectivity index (χ1) is 14.5. The maximum Gasteiger partial charge on any atom is 0.416 e. The molecule has 0 atom stereocenters. The van der Waals surface area contributed by atoms with Crippen LogP contribution < -0.4 is 10.6 Å². The van der Waals surface area contributed by atoms with Crippen LogP contribution in [0, 0.1) is 0 Å². The minimum atomic E-state index is -4.60. The lowest BCUT2D eigenvalue weighted by Gasteiger charge is -2.11. The lowest BCUT2D eigenvalue weighted by molar-refractivity contribution is -0.147. The van der Waals surface area contributed by atoms with E-state index in [0.717, 1.165) is 12.1 Å². The summed E-state index contributed by atoms with van der Waals surface area (Å²) in [6.45, 7) is -0.590. The van der Waals surface area contributed by atoms with Crippen LogP contribution in [0.1, 0.15) is 18.4 Å². The summed E-state index contributed by atoms with van der Waals surface area (Å²) in [7, 11) is 0. The Kier molecular flexibility index (Phi) is 8.72. The van der Waals surface area contributed by atoms with Crippen LogP contribution in [0.5, 0.6) is 0 Å². The molecule has 2 aromatic carbocycles. The van der Waals surface area contributed by atoms with Gasteiger partial charge < -0.3 is 15.4 Å². The molecule has 0 aliphatic heterocycles. The Morgan fingerprint density at radius 2 is 1.65 bits per heavy atom. The zero-order chi connectivity index (χ0) is 23.2. The molecule has 6 nitrogen and oxygen atoms in total. The predicted octanol–water partition coefficient (Wildman–Crippen LogP) is 5.68. The fraction of sp³-hybridized carbons (Fsp3) is 0.211. The van der Waals surface area contributed by atoms with E-state index in [1.165, 1.54) is 6.07 Å². The number of nitrogens with one attached hydrogen (secondary N) is 2. The van der Waals surface area contributed by atoms with Gasteiger partial charge in [0.1, 0.15) is 0 Å². The number of anilines is 2. The van der Waals surface area contributed by atoms with Crippen molar-refractivity contribution in [3.05, 3.63) is 56.5 Å². The monoisotopic (exact) mass is 540 g/mol. The molecule has 0 spiro atoms. The zero-order valence-corrected chi connectivity index (χ0v) is 18.6. The van der Waals surface area contributed by atoms with Crippen molar-refractivity contribution in [3.63, 3.8) is 0 Å². The zero-order valence-electron chi connectivity index (χ0n) is 15.5. The van der Waals surface area contributed by atoms with Crippen molar-refractivity contribution < 1.29 is 32.3 Å². The molecule has 2 rings (SSSR count). The van der Waals surface area contributed by atoms with Gasteiger partial charge in [0.25, 0.3) is 5.91 Å². The van der Waals surface area contributed by atoms with E-state index in [1.807, 2.05) is 0 Å². The highest BCUT2D eigenvalue weighted by atomic mass is 79.9. The van der Waals surface area contributed by atoms with Gasteiger partial charge in [-0.3, -0.25) is 14.4 Å². The molecule has 0 aliphatic carbocycles. The van der Waals surface area contributed by atoms with Gasteiger partial charge in [0.05, 0.1) is 27.7 Å². The lowest BCUT2D eigenvalue weighted by Crippen LogP contribution is -2.22. The van der Waals surface area contributed by atoms with Gasteiger partial charge >= 0.3 is 12.1 Å². The van der Waals surface area contributed by atoms with Crippen molar-refractivity contribution in [2.45, 2.75) is 19.0 Å². The molecule has 0 radical (unpaired) electrons. The summed E-state index contributed by atoms with van der Waals surface area (Å²) in [6, 6.07) is 7.18. The normalized spacial score (nSPS) is 11.0. The topological polar surface area (TPSA) is 84.5 Å². The Bertz CT molecular complexity index is 1000. The number of hydrogen-bond acceptors (Lipinski definition) is 4. The van der Waals surface area contributed by atoms with E-state index in [9.17, 15) is 27.6 Å². The van der Waals surface area contributed by atoms with E-state index in [4.69, 9.17) is 27.9 Å². The molecule has 0 fully saturated rings. The number of ether oxygens (including phenoxy) is 1. The van der Waals surface area contributed by atoms with Crippen LogP contribution in [-0.2, 0) is 25.3 Å². The first-order valence-corrected chi connectivity index (χ1v) is 10.1. The molecule has 12 heteroatoms. The number of carbonyl (C=O) groups is 3. The average Bonchev–Trinajstić information content (AvgIpc) is 2.68. The van der Waals surface area contributed by atoms with Gasteiger partial charge in [-0.1, -0.05) is 23.2 Å². The molecule has 0 heterocycles. The quantitative estimate of drug-likeness (QED) is 0.442. The van der Waals surface area contributed by atoms with Crippen molar-refractivity contribution in [2.75, 3.05) is 17.2 Å². The molecule has 31 heavy (non-hydrogen) atoms. The Balaban J connectivity index is 1.79. The fourth-order valence-corrected chi connectivity index (χ4v) is 2.81. The van der Waals surface area contributed by atoms with Gasteiger partial charge in [0.2, 0.25) is 5.91 Å². The molecule has 2 N–H and O–H groups in total. The number of benzene rings is 2. The summed E-state index contributed by atoms with van der Waals surface area (Å²) in [6.07, 6.45) is -5.37. The van der Waals surface area contributed by atoms with Crippen LogP contribution in [0.15, 0.2) is 40.9 Å². The van der Waals surface area contributed by atoms with Crippen molar-refractivity contribution in [1.82, 2.24) is 0 Å². The highest BCUT2D eigenvalue weighted by Gasteiger charge is 2.31. The van der Waals surface area contributed by atoms with Crippen LogP contribution in [0.3, 0.4) is 0 Å². The van der Waals surface area contributed by atoms with E-state index in [1.54, 1.807) is 12.1 Å². The molecule has 2 aromatic rings. The fourth-order valence-electron chi connectivity index (χ4n) is 2.21. The summed E-state index contributed by atoms with van der Waals surface area (Å²) in [5.41, 5.74) is -0.821. The second-order valence-electron chi connectivity index (χ2n) is 6.08. The van der Waals surface area contributed by atoms with Gasteiger partial charge in [-0.15, -0.1) is 0 Å². The van der Waals surface area contributed by atoms with Gasteiger partial charge in [-0.05, 0) is 52.3 Å². The third-order valence-electron chi connectivity index (χ3n) is 3.69. The van der Waals surface area contributed by atoms with Gasteiger partial charge in [-0.2, -0.15) is 13.2 Å². The minimum Gasteiger partial charge on any atom is -0.456 e. The third-order valence-corrected chi connectivity index (χ3v) is 5.25. The predicted molar refractivity (Wildman–Crippen MR) is 113 cm³/mol. The molecule has 2 amide bonds. The van der Waals surface area contributed by atoms with Crippen molar-refractivity contribution >= 4 is 68.3 Å². The Morgan fingerprint density at radius 3 is 2.29 bits per heavy atom. The SMILES string of the molecule is O=C(COC(=O)CCC(=O)Nc1cc(C(F)(F)F)ccc1Cl)Nc1ccc(Br)c(Cl)c1. The van der Waals surface area contributed by atoms with E-state index < -0.39 is 36.1 Å². The number of hydrogen-bond donors (Lipinski definition) is 2. The van der Waals surface area contributed by atoms with Crippen molar-refractivity contribution in [3.8, 4) is 0 Å². The van der Waals surface area contributed by atoms with E-state index in [-0.39, 0.29) is 23.6 Å².